The molecule has 1 saturated heterocycles. The maximum absolute atomic E-state index is 11.9. The Morgan fingerprint density at radius 2 is 2.42 bits per heavy atom. The van der Waals surface area contributed by atoms with E-state index in [9.17, 15) is 4.79 Å². The predicted molar refractivity (Wildman–Crippen MR) is 73.7 cm³/mol. The molecule has 3 N–H and O–H groups in total. The van der Waals surface area contributed by atoms with Gasteiger partial charge in [0.1, 0.15) is 5.82 Å². The summed E-state index contributed by atoms with van der Waals surface area (Å²) in [4.78, 5) is 19.5. The number of imidazole rings is 1. The highest BCUT2D eigenvalue weighted by Gasteiger charge is 2.21. The third-order valence-corrected chi connectivity index (χ3v) is 3.51. The highest BCUT2D eigenvalue weighted by molar-refractivity contribution is 5.82. The topological polar surface area (TPSA) is 69.8 Å². The molecule has 1 amide bonds. The zero-order valence-corrected chi connectivity index (χ0v) is 11.0. The molecule has 19 heavy (non-hydrogen) atoms. The lowest BCUT2D eigenvalue weighted by Crippen LogP contribution is -2.39. The number of fused-ring (bicyclic) bond motifs is 1. The van der Waals surface area contributed by atoms with E-state index in [1.807, 2.05) is 25.1 Å². The highest BCUT2D eigenvalue weighted by atomic mass is 16.2. The van der Waals surface area contributed by atoms with E-state index >= 15 is 0 Å². The van der Waals surface area contributed by atoms with E-state index in [1.165, 1.54) is 0 Å². The Labute approximate surface area is 111 Å². The normalized spacial score (nSPS) is 18.9. The number of benzene rings is 1. The van der Waals surface area contributed by atoms with Crippen LogP contribution in [0.15, 0.2) is 18.2 Å². The fourth-order valence-electron chi connectivity index (χ4n) is 2.52. The van der Waals surface area contributed by atoms with E-state index < -0.39 is 0 Å². The number of nitrogens with one attached hydrogen (secondary N) is 3. The van der Waals surface area contributed by atoms with Crippen LogP contribution in [0.3, 0.4) is 0 Å². The van der Waals surface area contributed by atoms with Gasteiger partial charge in [0, 0.05) is 6.54 Å². The molecule has 1 fully saturated rings. The SMILES string of the molecule is Cc1nc2ccc(CNC(=O)C3CCCN3)cc2[nH]1. The van der Waals surface area contributed by atoms with Crippen molar-refractivity contribution in [3.63, 3.8) is 0 Å². The van der Waals surface area contributed by atoms with Gasteiger partial charge in [-0.3, -0.25) is 4.79 Å². The van der Waals surface area contributed by atoms with Gasteiger partial charge in [0.05, 0.1) is 17.1 Å². The van der Waals surface area contributed by atoms with E-state index in [1.54, 1.807) is 0 Å². The van der Waals surface area contributed by atoms with Crippen LogP contribution in [-0.4, -0.2) is 28.5 Å². The molecule has 1 aromatic carbocycles. The molecule has 1 atom stereocenters. The van der Waals surface area contributed by atoms with E-state index in [0.29, 0.717) is 6.54 Å². The van der Waals surface area contributed by atoms with Gasteiger partial charge in [-0.05, 0) is 44.0 Å². The first-order valence-electron chi connectivity index (χ1n) is 6.69. The molecule has 3 rings (SSSR count). The second-order valence-corrected chi connectivity index (χ2v) is 5.04. The van der Waals surface area contributed by atoms with Crippen molar-refractivity contribution in [2.24, 2.45) is 0 Å². The monoisotopic (exact) mass is 258 g/mol. The van der Waals surface area contributed by atoms with Gasteiger partial charge >= 0.3 is 0 Å². The first-order chi connectivity index (χ1) is 9.22. The van der Waals surface area contributed by atoms with Gasteiger partial charge in [-0.2, -0.15) is 0 Å². The highest BCUT2D eigenvalue weighted by Crippen LogP contribution is 2.13. The molecule has 100 valence electrons. The first-order valence-corrected chi connectivity index (χ1v) is 6.69. The van der Waals surface area contributed by atoms with Gasteiger partial charge < -0.3 is 15.6 Å². The van der Waals surface area contributed by atoms with Crippen molar-refractivity contribution in [2.75, 3.05) is 6.54 Å². The molecule has 1 aromatic heterocycles. The molecule has 0 saturated carbocycles. The molecule has 1 aliphatic heterocycles. The van der Waals surface area contributed by atoms with Crippen LogP contribution in [0.1, 0.15) is 24.2 Å². The summed E-state index contributed by atoms with van der Waals surface area (Å²) in [5.41, 5.74) is 3.07. The Balaban J connectivity index is 1.65. The quantitative estimate of drug-likeness (QED) is 0.775. The van der Waals surface area contributed by atoms with Crippen molar-refractivity contribution in [1.29, 1.82) is 0 Å². The summed E-state index contributed by atoms with van der Waals surface area (Å²) in [6, 6.07) is 6.01. The number of aromatic nitrogens is 2. The Kier molecular flexibility index (Phi) is 3.21. The van der Waals surface area contributed by atoms with Gasteiger partial charge in [-0.25, -0.2) is 4.98 Å². The maximum atomic E-state index is 11.9. The van der Waals surface area contributed by atoms with Crippen LogP contribution in [0.5, 0.6) is 0 Å². The van der Waals surface area contributed by atoms with Crippen molar-refractivity contribution in [1.82, 2.24) is 20.6 Å². The van der Waals surface area contributed by atoms with Gasteiger partial charge in [0.15, 0.2) is 0 Å². The standard InChI is InChI=1S/C14H18N4O/c1-9-17-11-5-4-10(7-13(11)18-9)8-16-14(19)12-3-2-6-15-12/h4-5,7,12,15H,2-3,6,8H2,1H3,(H,16,19)(H,17,18). The number of aryl methyl sites for hydroxylation is 1. The molecule has 5 heteroatoms. The third-order valence-electron chi connectivity index (χ3n) is 3.51. The van der Waals surface area contributed by atoms with Crippen molar-refractivity contribution in [3.05, 3.63) is 29.6 Å². The number of hydrogen-bond acceptors (Lipinski definition) is 3. The lowest BCUT2D eigenvalue weighted by molar-refractivity contribution is -0.122. The Morgan fingerprint density at radius 1 is 1.53 bits per heavy atom. The molecule has 5 nitrogen and oxygen atoms in total. The number of rotatable bonds is 3. The zero-order valence-electron chi connectivity index (χ0n) is 11.0. The summed E-state index contributed by atoms with van der Waals surface area (Å²) in [6.45, 7) is 3.44. The smallest absolute Gasteiger partial charge is 0.237 e. The number of amides is 1. The average molecular weight is 258 g/mol. The molecule has 0 radical (unpaired) electrons. The molecule has 2 heterocycles. The zero-order chi connectivity index (χ0) is 13.2. The Morgan fingerprint density at radius 3 is 3.21 bits per heavy atom. The summed E-state index contributed by atoms with van der Waals surface area (Å²) < 4.78 is 0. The molecule has 1 unspecified atom stereocenters. The number of carbonyl (C=O) groups excluding carboxylic acids is 1. The maximum Gasteiger partial charge on any atom is 0.237 e. The van der Waals surface area contributed by atoms with Crippen molar-refractivity contribution < 1.29 is 4.79 Å². The van der Waals surface area contributed by atoms with Crippen LogP contribution in [0.4, 0.5) is 0 Å². The van der Waals surface area contributed by atoms with Crippen LogP contribution in [0.25, 0.3) is 11.0 Å². The van der Waals surface area contributed by atoms with Gasteiger partial charge in [-0.15, -0.1) is 0 Å². The van der Waals surface area contributed by atoms with Gasteiger partial charge in [0.25, 0.3) is 0 Å². The Hall–Kier alpha value is -1.88. The van der Waals surface area contributed by atoms with Crippen LogP contribution >= 0.6 is 0 Å². The second-order valence-electron chi connectivity index (χ2n) is 5.04. The number of nitrogens with zero attached hydrogens (tertiary/aromatic N) is 1. The molecule has 1 aliphatic rings. The first kappa shape index (κ1) is 12.2. The number of hydrogen-bond donors (Lipinski definition) is 3. The van der Waals surface area contributed by atoms with Crippen LogP contribution < -0.4 is 10.6 Å². The van der Waals surface area contributed by atoms with E-state index in [-0.39, 0.29) is 11.9 Å². The summed E-state index contributed by atoms with van der Waals surface area (Å²) in [5.74, 6) is 1.00. The van der Waals surface area contributed by atoms with E-state index in [0.717, 1.165) is 41.8 Å². The summed E-state index contributed by atoms with van der Waals surface area (Å²) in [5, 5.41) is 6.17. The van der Waals surface area contributed by atoms with Crippen molar-refractivity contribution in [2.45, 2.75) is 32.4 Å². The molecule has 2 aromatic rings. The van der Waals surface area contributed by atoms with Crippen molar-refractivity contribution in [3.8, 4) is 0 Å². The lowest BCUT2D eigenvalue weighted by Gasteiger charge is -2.10. The fraction of sp³-hybridized carbons (Fsp3) is 0.429. The summed E-state index contributed by atoms with van der Waals surface area (Å²) in [7, 11) is 0. The third kappa shape index (κ3) is 2.61. The molecular formula is C14H18N4O. The minimum absolute atomic E-state index is 0.0156. The van der Waals surface area contributed by atoms with Crippen molar-refractivity contribution >= 4 is 16.9 Å². The molecular weight excluding hydrogens is 240 g/mol. The number of H-pyrrole nitrogens is 1. The molecule has 0 bridgehead atoms. The fourth-order valence-corrected chi connectivity index (χ4v) is 2.52. The summed E-state index contributed by atoms with van der Waals surface area (Å²) in [6.07, 6.45) is 2.02. The molecule has 0 spiro atoms. The molecule has 0 aliphatic carbocycles. The minimum atomic E-state index is -0.0156. The predicted octanol–water partition coefficient (Wildman–Crippen LogP) is 1.24. The van der Waals surface area contributed by atoms with E-state index in [4.69, 9.17) is 0 Å². The Bertz CT molecular complexity index is 599. The van der Waals surface area contributed by atoms with Gasteiger partial charge in [-0.1, -0.05) is 6.07 Å². The van der Waals surface area contributed by atoms with Crippen LogP contribution in [-0.2, 0) is 11.3 Å². The van der Waals surface area contributed by atoms with Crippen LogP contribution in [0, 0.1) is 6.92 Å². The largest absolute Gasteiger partial charge is 0.351 e. The van der Waals surface area contributed by atoms with E-state index in [2.05, 4.69) is 20.6 Å². The number of aromatic amines is 1. The summed E-state index contributed by atoms with van der Waals surface area (Å²) >= 11 is 0. The lowest BCUT2D eigenvalue weighted by atomic mass is 10.2. The minimum Gasteiger partial charge on any atom is -0.351 e. The second kappa shape index (κ2) is 5.01. The number of carbonyl (C=O) groups is 1. The van der Waals surface area contributed by atoms with Gasteiger partial charge in [0.2, 0.25) is 5.91 Å². The average Bonchev–Trinajstić information content (AvgIpc) is 3.03. The van der Waals surface area contributed by atoms with Crippen LogP contribution in [0.2, 0.25) is 0 Å².